The van der Waals surface area contributed by atoms with Gasteiger partial charge in [0.15, 0.2) is 5.13 Å². The van der Waals surface area contributed by atoms with Crippen LogP contribution in [0.1, 0.15) is 16.1 Å². The van der Waals surface area contributed by atoms with Gasteiger partial charge in [0.05, 0.1) is 23.0 Å². The maximum absolute atomic E-state index is 12.4. The Labute approximate surface area is 119 Å². The third kappa shape index (κ3) is 2.37. The van der Waals surface area contributed by atoms with Crippen LogP contribution < -0.4 is 5.73 Å². The summed E-state index contributed by atoms with van der Waals surface area (Å²) in [5, 5.41) is 0.508. The number of carbonyl (C=O) groups is 1. The Morgan fingerprint density at radius 3 is 3.05 bits per heavy atom. The van der Waals surface area contributed by atoms with Crippen LogP contribution >= 0.6 is 11.3 Å². The number of thiazole rings is 1. The van der Waals surface area contributed by atoms with Crippen molar-refractivity contribution in [2.75, 3.05) is 12.8 Å². The molecular weight excluding hydrogens is 274 g/mol. The second kappa shape index (κ2) is 4.97. The Hall–Kier alpha value is -2.34. The SMILES string of the molecule is CN(Cc1ccco1)C(=O)c1ccc2sc(N)nc2c1. The van der Waals surface area contributed by atoms with Crippen molar-refractivity contribution in [2.45, 2.75) is 6.54 Å². The molecule has 0 spiro atoms. The van der Waals surface area contributed by atoms with E-state index >= 15 is 0 Å². The minimum Gasteiger partial charge on any atom is -0.467 e. The number of rotatable bonds is 3. The summed E-state index contributed by atoms with van der Waals surface area (Å²) in [6.07, 6.45) is 1.60. The first kappa shape index (κ1) is 12.7. The summed E-state index contributed by atoms with van der Waals surface area (Å²) in [6, 6.07) is 9.08. The minimum absolute atomic E-state index is 0.0742. The molecule has 1 aromatic carbocycles. The quantitative estimate of drug-likeness (QED) is 0.804. The van der Waals surface area contributed by atoms with E-state index in [2.05, 4.69) is 4.98 Å². The van der Waals surface area contributed by atoms with Crippen molar-refractivity contribution in [1.82, 2.24) is 9.88 Å². The largest absolute Gasteiger partial charge is 0.467 e. The van der Waals surface area contributed by atoms with Crippen LogP contribution in [0.3, 0.4) is 0 Å². The van der Waals surface area contributed by atoms with E-state index in [1.54, 1.807) is 36.4 Å². The lowest BCUT2D eigenvalue weighted by Crippen LogP contribution is -2.25. The number of furan rings is 1. The topological polar surface area (TPSA) is 72.4 Å². The summed E-state index contributed by atoms with van der Waals surface area (Å²) in [5.41, 5.74) is 7.02. The molecule has 102 valence electrons. The van der Waals surface area contributed by atoms with Gasteiger partial charge in [0, 0.05) is 12.6 Å². The first-order chi connectivity index (χ1) is 9.63. The number of hydrogen-bond donors (Lipinski definition) is 1. The number of hydrogen-bond acceptors (Lipinski definition) is 5. The molecule has 2 heterocycles. The lowest BCUT2D eigenvalue weighted by atomic mass is 10.2. The Bertz CT molecular complexity index is 749. The van der Waals surface area contributed by atoms with E-state index in [-0.39, 0.29) is 5.91 Å². The third-order valence-electron chi connectivity index (χ3n) is 2.97. The second-order valence-electron chi connectivity index (χ2n) is 4.48. The molecule has 0 aliphatic carbocycles. The molecule has 0 atom stereocenters. The molecular formula is C14H13N3O2S. The number of aromatic nitrogens is 1. The summed E-state index contributed by atoms with van der Waals surface area (Å²) in [5.74, 6) is 0.676. The number of nitrogens with two attached hydrogens (primary N) is 1. The Kier molecular flexibility index (Phi) is 3.15. The van der Waals surface area contributed by atoms with Gasteiger partial charge in [-0.3, -0.25) is 4.79 Å². The number of fused-ring (bicyclic) bond motifs is 1. The van der Waals surface area contributed by atoms with Gasteiger partial charge < -0.3 is 15.1 Å². The molecule has 3 rings (SSSR count). The standard InChI is InChI=1S/C14H13N3O2S/c1-17(8-10-3-2-6-19-10)13(18)9-4-5-12-11(7-9)16-14(15)20-12/h2-7H,8H2,1H3,(H2,15,16). The summed E-state index contributed by atoms with van der Waals surface area (Å²) in [7, 11) is 1.74. The summed E-state index contributed by atoms with van der Waals surface area (Å²) in [4.78, 5) is 18.2. The Morgan fingerprint density at radius 1 is 1.45 bits per heavy atom. The lowest BCUT2D eigenvalue weighted by molar-refractivity contribution is 0.0775. The van der Waals surface area contributed by atoms with Crippen molar-refractivity contribution >= 4 is 32.6 Å². The molecule has 0 aliphatic heterocycles. The van der Waals surface area contributed by atoms with E-state index in [1.165, 1.54) is 11.3 Å². The summed E-state index contributed by atoms with van der Waals surface area (Å²) >= 11 is 1.41. The van der Waals surface area contributed by atoms with Crippen molar-refractivity contribution in [3.63, 3.8) is 0 Å². The van der Waals surface area contributed by atoms with Crippen molar-refractivity contribution in [3.05, 3.63) is 47.9 Å². The van der Waals surface area contributed by atoms with Gasteiger partial charge in [-0.05, 0) is 30.3 Å². The highest BCUT2D eigenvalue weighted by Crippen LogP contribution is 2.24. The van der Waals surface area contributed by atoms with E-state index in [9.17, 15) is 4.79 Å². The van der Waals surface area contributed by atoms with Gasteiger partial charge in [-0.15, -0.1) is 0 Å². The van der Waals surface area contributed by atoms with Gasteiger partial charge in [0.25, 0.3) is 5.91 Å². The van der Waals surface area contributed by atoms with Crippen LogP contribution in [0.5, 0.6) is 0 Å². The fourth-order valence-corrected chi connectivity index (χ4v) is 2.72. The normalized spacial score (nSPS) is 10.8. The molecule has 5 nitrogen and oxygen atoms in total. The fraction of sp³-hybridized carbons (Fsp3) is 0.143. The summed E-state index contributed by atoms with van der Waals surface area (Å²) < 4.78 is 6.22. The predicted molar refractivity (Wildman–Crippen MR) is 78.5 cm³/mol. The molecule has 0 unspecified atom stereocenters. The van der Waals surface area contributed by atoms with Crippen LogP contribution in [0.15, 0.2) is 41.0 Å². The van der Waals surface area contributed by atoms with E-state index in [0.29, 0.717) is 17.2 Å². The molecule has 0 fully saturated rings. The molecule has 0 radical (unpaired) electrons. The van der Waals surface area contributed by atoms with Crippen molar-refractivity contribution in [3.8, 4) is 0 Å². The first-order valence-electron chi connectivity index (χ1n) is 6.07. The predicted octanol–water partition coefficient (Wildman–Crippen LogP) is 2.74. The van der Waals surface area contributed by atoms with Crippen molar-refractivity contribution in [1.29, 1.82) is 0 Å². The Morgan fingerprint density at radius 2 is 2.30 bits per heavy atom. The monoisotopic (exact) mass is 287 g/mol. The van der Waals surface area contributed by atoms with Crippen LogP contribution in [-0.4, -0.2) is 22.8 Å². The van der Waals surface area contributed by atoms with Crippen LogP contribution in [0.4, 0.5) is 5.13 Å². The third-order valence-corrected chi connectivity index (χ3v) is 3.84. The molecule has 0 bridgehead atoms. The number of amides is 1. The number of carbonyl (C=O) groups excluding carboxylic acids is 1. The first-order valence-corrected chi connectivity index (χ1v) is 6.89. The van der Waals surface area contributed by atoms with Crippen molar-refractivity contribution < 1.29 is 9.21 Å². The fourth-order valence-electron chi connectivity index (χ4n) is 2.01. The van der Waals surface area contributed by atoms with E-state index in [1.807, 2.05) is 12.1 Å². The van der Waals surface area contributed by atoms with Gasteiger partial charge in [-0.2, -0.15) is 0 Å². The zero-order valence-electron chi connectivity index (χ0n) is 10.9. The minimum atomic E-state index is -0.0742. The van der Waals surface area contributed by atoms with E-state index in [0.717, 1.165) is 16.0 Å². The van der Waals surface area contributed by atoms with Gasteiger partial charge in [0.2, 0.25) is 0 Å². The molecule has 0 saturated heterocycles. The summed E-state index contributed by atoms with van der Waals surface area (Å²) in [6.45, 7) is 0.434. The van der Waals surface area contributed by atoms with Crippen LogP contribution in [-0.2, 0) is 6.54 Å². The van der Waals surface area contributed by atoms with Crippen LogP contribution in [0.2, 0.25) is 0 Å². The average Bonchev–Trinajstić information content (AvgIpc) is 3.04. The van der Waals surface area contributed by atoms with Crippen LogP contribution in [0.25, 0.3) is 10.2 Å². The zero-order chi connectivity index (χ0) is 14.1. The van der Waals surface area contributed by atoms with Gasteiger partial charge in [0.1, 0.15) is 5.76 Å². The second-order valence-corrected chi connectivity index (χ2v) is 5.54. The maximum Gasteiger partial charge on any atom is 0.254 e. The molecule has 0 aliphatic rings. The van der Waals surface area contributed by atoms with Crippen molar-refractivity contribution in [2.24, 2.45) is 0 Å². The number of anilines is 1. The zero-order valence-corrected chi connectivity index (χ0v) is 11.7. The number of nitrogens with zero attached hydrogens (tertiary/aromatic N) is 2. The average molecular weight is 287 g/mol. The van der Waals surface area contributed by atoms with Gasteiger partial charge in [-0.1, -0.05) is 11.3 Å². The highest BCUT2D eigenvalue weighted by atomic mass is 32.1. The molecule has 6 heteroatoms. The van der Waals surface area contributed by atoms with Gasteiger partial charge >= 0.3 is 0 Å². The highest BCUT2D eigenvalue weighted by Gasteiger charge is 2.14. The van der Waals surface area contributed by atoms with Crippen LogP contribution in [0, 0.1) is 0 Å². The lowest BCUT2D eigenvalue weighted by Gasteiger charge is -2.15. The number of nitrogen functional groups attached to an aromatic ring is 1. The molecule has 0 saturated carbocycles. The maximum atomic E-state index is 12.4. The van der Waals surface area contributed by atoms with Gasteiger partial charge in [-0.25, -0.2) is 4.98 Å². The highest BCUT2D eigenvalue weighted by molar-refractivity contribution is 7.22. The Balaban J connectivity index is 1.83. The smallest absolute Gasteiger partial charge is 0.254 e. The van der Waals surface area contributed by atoms with E-state index < -0.39 is 0 Å². The molecule has 2 aromatic heterocycles. The molecule has 20 heavy (non-hydrogen) atoms. The molecule has 1 amide bonds. The number of benzene rings is 1. The molecule has 2 N–H and O–H groups in total. The van der Waals surface area contributed by atoms with E-state index in [4.69, 9.17) is 10.2 Å². The molecule has 3 aromatic rings.